The van der Waals surface area contributed by atoms with Crippen LogP contribution in [0.4, 0.5) is 5.82 Å². The predicted molar refractivity (Wildman–Crippen MR) is 83.8 cm³/mol. The van der Waals surface area contributed by atoms with E-state index in [0.717, 1.165) is 37.6 Å². The van der Waals surface area contributed by atoms with Gasteiger partial charge in [-0.3, -0.25) is 4.90 Å². The van der Waals surface area contributed by atoms with Crippen molar-refractivity contribution in [2.75, 3.05) is 38.3 Å². The minimum Gasteiger partial charge on any atom is -0.490 e. The molecule has 0 amide bonds. The highest BCUT2D eigenvalue weighted by molar-refractivity contribution is 6.32. The molecular formula is C15H22ClN3O2. The van der Waals surface area contributed by atoms with Crippen LogP contribution in [0.2, 0.25) is 5.02 Å². The van der Waals surface area contributed by atoms with Gasteiger partial charge in [-0.05, 0) is 13.8 Å². The number of piperazine rings is 1. The standard InChI is InChI=1S/C15H22ClN3O2/c1-10(2)18-5-6-19-11(9-18)4-7-21-13-8-12(16)15(20-3)17-14(13)19/h8,10-11H,4-7,9H2,1-3H3/t11-/m0/s1. The Labute approximate surface area is 130 Å². The van der Waals surface area contributed by atoms with Gasteiger partial charge in [0.25, 0.3) is 0 Å². The number of methoxy groups -OCH3 is 1. The average Bonchev–Trinajstić information content (AvgIpc) is 2.64. The van der Waals surface area contributed by atoms with Crippen molar-refractivity contribution in [2.45, 2.75) is 32.4 Å². The second-order valence-electron chi connectivity index (χ2n) is 5.87. The summed E-state index contributed by atoms with van der Waals surface area (Å²) in [6.45, 7) is 8.24. The maximum atomic E-state index is 6.16. The largest absolute Gasteiger partial charge is 0.490 e. The van der Waals surface area contributed by atoms with E-state index in [1.807, 2.05) is 6.07 Å². The van der Waals surface area contributed by atoms with E-state index >= 15 is 0 Å². The molecule has 0 unspecified atom stereocenters. The van der Waals surface area contributed by atoms with Crippen LogP contribution in [0.3, 0.4) is 0 Å². The molecule has 1 saturated heterocycles. The molecule has 6 heteroatoms. The zero-order valence-corrected chi connectivity index (χ0v) is 13.6. The highest BCUT2D eigenvalue weighted by atomic mass is 35.5. The molecule has 5 nitrogen and oxygen atoms in total. The van der Waals surface area contributed by atoms with E-state index in [0.29, 0.717) is 29.6 Å². The molecule has 1 aromatic heterocycles. The van der Waals surface area contributed by atoms with Crippen LogP contribution in [0.15, 0.2) is 6.07 Å². The van der Waals surface area contributed by atoms with Gasteiger partial charge in [0.05, 0.1) is 13.7 Å². The first-order valence-electron chi connectivity index (χ1n) is 7.48. The SMILES string of the molecule is COc1nc2c(cc1Cl)OCC[C@H]1CN(C(C)C)CCN21. The molecule has 0 aromatic carbocycles. The number of ether oxygens (including phenoxy) is 2. The first-order chi connectivity index (χ1) is 10.1. The van der Waals surface area contributed by atoms with Crippen molar-refractivity contribution in [1.82, 2.24) is 9.88 Å². The molecule has 1 fully saturated rings. The van der Waals surface area contributed by atoms with E-state index in [-0.39, 0.29) is 0 Å². The summed E-state index contributed by atoms with van der Waals surface area (Å²) in [7, 11) is 1.59. The summed E-state index contributed by atoms with van der Waals surface area (Å²) >= 11 is 6.16. The molecule has 21 heavy (non-hydrogen) atoms. The number of anilines is 1. The Hall–Kier alpha value is -1.20. The van der Waals surface area contributed by atoms with Crippen molar-refractivity contribution >= 4 is 17.4 Å². The number of rotatable bonds is 2. The van der Waals surface area contributed by atoms with Gasteiger partial charge in [-0.1, -0.05) is 11.6 Å². The lowest BCUT2D eigenvalue weighted by molar-refractivity contribution is 0.172. The van der Waals surface area contributed by atoms with Gasteiger partial charge in [0, 0.05) is 44.2 Å². The van der Waals surface area contributed by atoms with Crippen LogP contribution >= 0.6 is 11.6 Å². The van der Waals surface area contributed by atoms with E-state index in [4.69, 9.17) is 21.1 Å². The van der Waals surface area contributed by atoms with Crippen LogP contribution in [0.5, 0.6) is 11.6 Å². The number of fused-ring (bicyclic) bond motifs is 3. The lowest BCUT2D eigenvalue weighted by atomic mass is 10.1. The molecule has 1 aromatic rings. The summed E-state index contributed by atoms with van der Waals surface area (Å²) in [5, 5.41) is 0.496. The summed E-state index contributed by atoms with van der Waals surface area (Å²) in [4.78, 5) is 9.43. The van der Waals surface area contributed by atoms with Gasteiger partial charge in [0.1, 0.15) is 5.02 Å². The molecule has 0 spiro atoms. The molecule has 0 radical (unpaired) electrons. The fraction of sp³-hybridized carbons (Fsp3) is 0.667. The molecule has 0 N–H and O–H groups in total. The Kier molecular flexibility index (Phi) is 4.13. The van der Waals surface area contributed by atoms with Crippen molar-refractivity contribution in [3.8, 4) is 11.6 Å². The second-order valence-corrected chi connectivity index (χ2v) is 6.28. The zero-order chi connectivity index (χ0) is 15.0. The number of aromatic nitrogens is 1. The zero-order valence-electron chi connectivity index (χ0n) is 12.8. The molecule has 0 aliphatic carbocycles. The van der Waals surface area contributed by atoms with Crippen LogP contribution in [0.25, 0.3) is 0 Å². The van der Waals surface area contributed by atoms with E-state index in [9.17, 15) is 0 Å². The lowest BCUT2D eigenvalue weighted by Crippen LogP contribution is -2.55. The molecule has 1 atom stereocenters. The Bertz CT molecular complexity index is 524. The quantitative estimate of drug-likeness (QED) is 0.838. The van der Waals surface area contributed by atoms with Gasteiger partial charge in [-0.15, -0.1) is 0 Å². The van der Waals surface area contributed by atoms with Gasteiger partial charge in [0.2, 0.25) is 5.88 Å². The summed E-state index contributed by atoms with van der Waals surface area (Å²) in [6.07, 6.45) is 1.000. The van der Waals surface area contributed by atoms with Crippen LogP contribution in [-0.2, 0) is 0 Å². The molecule has 3 heterocycles. The molecule has 2 aliphatic rings. The van der Waals surface area contributed by atoms with Crippen molar-refractivity contribution in [3.05, 3.63) is 11.1 Å². The predicted octanol–water partition coefficient (Wildman–Crippen LogP) is 2.43. The third kappa shape index (κ3) is 2.77. The molecule has 116 valence electrons. The Balaban J connectivity index is 1.93. The summed E-state index contributed by atoms with van der Waals surface area (Å²) in [5.74, 6) is 2.09. The van der Waals surface area contributed by atoms with Gasteiger partial charge in [-0.2, -0.15) is 4.98 Å². The Morgan fingerprint density at radius 3 is 2.95 bits per heavy atom. The van der Waals surface area contributed by atoms with Crippen molar-refractivity contribution in [1.29, 1.82) is 0 Å². The number of halogens is 1. The van der Waals surface area contributed by atoms with Gasteiger partial charge >= 0.3 is 0 Å². The maximum absolute atomic E-state index is 6.16. The molecule has 0 bridgehead atoms. The number of hydrogen-bond donors (Lipinski definition) is 0. The molecule has 0 saturated carbocycles. The normalized spacial score (nSPS) is 22.3. The van der Waals surface area contributed by atoms with Gasteiger partial charge < -0.3 is 14.4 Å². The Morgan fingerprint density at radius 1 is 1.43 bits per heavy atom. The van der Waals surface area contributed by atoms with Crippen LogP contribution in [0, 0.1) is 0 Å². The van der Waals surface area contributed by atoms with Crippen LogP contribution in [0.1, 0.15) is 20.3 Å². The van der Waals surface area contributed by atoms with Crippen LogP contribution in [-0.4, -0.2) is 55.3 Å². The maximum Gasteiger partial charge on any atom is 0.234 e. The fourth-order valence-electron chi connectivity index (χ4n) is 3.08. The number of hydrogen-bond acceptors (Lipinski definition) is 5. The number of nitrogens with zero attached hydrogens (tertiary/aromatic N) is 3. The highest BCUT2D eigenvalue weighted by Gasteiger charge is 2.33. The minimum absolute atomic E-state index is 0.431. The van der Waals surface area contributed by atoms with E-state index in [1.54, 1.807) is 7.11 Å². The lowest BCUT2D eigenvalue weighted by Gasteiger charge is -2.42. The monoisotopic (exact) mass is 311 g/mol. The summed E-state index contributed by atoms with van der Waals surface area (Å²) in [5.41, 5.74) is 0. The minimum atomic E-state index is 0.431. The average molecular weight is 312 g/mol. The van der Waals surface area contributed by atoms with Gasteiger partial charge in [-0.25, -0.2) is 0 Å². The van der Waals surface area contributed by atoms with Crippen molar-refractivity contribution in [3.63, 3.8) is 0 Å². The topological polar surface area (TPSA) is 37.8 Å². The van der Waals surface area contributed by atoms with E-state index < -0.39 is 0 Å². The van der Waals surface area contributed by atoms with Crippen molar-refractivity contribution in [2.24, 2.45) is 0 Å². The highest BCUT2D eigenvalue weighted by Crippen LogP contribution is 2.38. The second kappa shape index (κ2) is 5.89. The molecular weight excluding hydrogens is 290 g/mol. The van der Waals surface area contributed by atoms with E-state index in [1.165, 1.54) is 0 Å². The smallest absolute Gasteiger partial charge is 0.234 e. The first kappa shape index (κ1) is 14.7. The third-order valence-corrected chi connectivity index (χ3v) is 4.58. The van der Waals surface area contributed by atoms with Gasteiger partial charge in [0.15, 0.2) is 11.6 Å². The first-order valence-corrected chi connectivity index (χ1v) is 7.86. The van der Waals surface area contributed by atoms with E-state index in [2.05, 4.69) is 28.6 Å². The molecule has 2 aliphatic heterocycles. The number of pyridine rings is 1. The summed E-state index contributed by atoms with van der Waals surface area (Å²) in [6, 6.07) is 2.82. The van der Waals surface area contributed by atoms with Crippen molar-refractivity contribution < 1.29 is 9.47 Å². The third-order valence-electron chi connectivity index (χ3n) is 4.31. The Morgan fingerprint density at radius 2 is 2.24 bits per heavy atom. The van der Waals surface area contributed by atoms with Crippen LogP contribution < -0.4 is 14.4 Å². The summed E-state index contributed by atoms with van der Waals surface area (Å²) < 4.78 is 11.1. The fourth-order valence-corrected chi connectivity index (χ4v) is 3.30. The molecule has 3 rings (SSSR count).